The topological polar surface area (TPSA) is 32.3 Å². The number of rotatable bonds is 3. The third-order valence-corrected chi connectivity index (χ3v) is 6.73. The molecular formula is C18H30N2O. The molecule has 1 aliphatic heterocycles. The molecule has 0 aromatic heterocycles. The lowest BCUT2D eigenvalue weighted by Gasteiger charge is -2.57. The average Bonchev–Trinajstić information content (AvgIpc) is 2.39. The van der Waals surface area contributed by atoms with Crippen LogP contribution in [-0.2, 0) is 4.79 Å². The van der Waals surface area contributed by atoms with Crippen molar-refractivity contribution in [1.82, 2.24) is 10.2 Å². The molecule has 0 spiro atoms. The highest BCUT2D eigenvalue weighted by Crippen LogP contribution is 2.55. The first-order chi connectivity index (χ1) is 10.1. The SMILES string of the molecule is C[C@@H]1CCCCN1CC(=O)NC12CC3CC(CC(C3)C1)C2. The molecule has 5 fully saturated rings. The maximum absolute atomic E-state index is 12.6. The highest BCUT2D eigenvalue weighted by Gasteiger charge is 2.51. The van der Waals surface area contributed by atoms with Crippen LogP contribution < -0.4 is 5.32 Å². The molecule has 1 N–H and O–H groups in total. The van der Waals surface area contributed by atoms with Crippen LogP contribution in [0.4, 0.5) is 0 Å². The predicted molar refractivity (Wildman–Crippen MR) is 83.9 cm³/mol. The van der Waals surface area contributed by atoms with Gasteiger partial charge in [-0.3, -0.25) is 9.69 Å². The van der Waals surface area contributed by atoms with Crippen LogP contribution in [0.2, 0.25) is 0 Å². The summed E-state index contributed by atoms with van der Waals surface area (Å²) in [6.45, 7) is 4.01. The minimum absolute atomic E-state index is 0.185. The van der Waals surface area contributed by atoms with Crippen molar-refractivity contribution in [3.63, 3.8) is 0 Å². The Labute approximate surface area is 128 Å². The van der Waals surface area contributed by atoms with E-state index >= 15 is 0 Å². The molecule has 4 bridgehead atoms. The molecule has 21 heavy (non-hydrogen) atoms. The van der Waals surface area contributed by atoms with Gasteiger partial charge in [0.2, 0.25) is 5.91 Å². The fourth-order valence-electron chi connectivity index (χ4n) is 6.18. The van der Waals surface area contributed by atoms with Crippen molar-refractivity contribution >= 4 is 5.91 Å². The molecule has 3 nitrogen and oxygen atoms in total. The molecule has 0 unspecified atom stereocenters. The first-order valence-electron chi connectivity index (χ1n) is 9.17. The number of nitrogens with zero attached hydrogens (tertiary/aromatic N) is 1. The van der Waals surface area contributed by atoms with Gasteiger partial charge < -0.3 is 5.32 Å². The van der Waals surface area contributed by atoms with Crippen molar-refractivity contribution in [2.45, 2.75) is 76.3 Å². The number of carbonyl (C=O) groups excluding carboxylic acids is 1. The van der Waals surface area contributed by atoms with Gasteiger partial charge in [0.05, 0.1) is 6.54 Å². The molecule has 4 saturated carbocycles. The summed E-state index contributed by atoms with van der Waals surface area (Å²) in [5.74, 6) is 3.02. The largest absolute Gasteiger partial charge is 0.350 e. The van der Waals surface area contributed by atoms with Gasteiger partial charge in [0.15, 0.2) is 0 Å². The van der Waals surface area contributed by atoms with Crippen LogP contribution in [-0.4, -0.2) is 35.5 Å². The summed E-state index contributed by atoms with van der Waals surface area (Å²) in [5.41, 5.74) is 0.185. The zero-order valence-corrected chi connectivity index (χ0v) is 13.4. The Morgan fingerprint density at radius 2 is 1.71 bits per heavy atom. The van der Waals surface area contributed by atoms with Gasteiger partial charge in [-0.15, -0.1) is 0 Å². The Morgan fingerprint density at radius 1 is 1.10 bits per heavy atom. The van der Waals surface area contributed by atoms with Crippen LogP contribution in [0, 0.1) is 17.8 Å². The van der Waals surface area contributed by atoms with Gasteiger partial charge in [-0.25, -0.2) is 0 Å². The van der Waals surface area contributed by atoms with Gasteiger partial charge >= 0.3 is 0 Å². The summed E-state index contributed by atoms with van der Waals surface area (Å²) in [6, 6.07) is 0.584. The molecule has 0 aromatic carbocycles. The lowest BCUT2D eigenvalue weighted by atomic mass is 9.53. The van der Waals surface area contributed by atoms with E-state index in [0.29, 0.717) is 18.5 Å². The third kappa shape index (κ3) is 2.74. The van der Waals surface area contributed by atoms with Crippen LogP contribution in [0.25, 0.3) is 0 Å². The fraction of sp³-hybridized carbons (Fsp3) is 0.944. The second-order valence-corrected chi connectivity index (χ2v) is 8.56. The van der Waals surface area contributed by atoms with Crippen molar-refractivity contribution in [2.75, 3.05) is 13.1 Å². The Bertz CT molecular complexity index is 384. The molecule has 0 aromatic rings. The van der Waals surface area contributed by atoms with Crippen LogP contribution in [0.5, 0.6) is 0 Å². The molecule has 3 heteroatoms. The van der Waals surface area contributed by atoms with Crippen LogP contribution in [0.3, 0.4) is 0 Å². The normalized spacial score (nSPS) is 45.8. The standard InChI is InChI=1S/C18H30N2O/c1-13-4-2-3-5-20(13)12-17(21)19-18-9-14-6-15(10-18)8-16(7-14)11-18/h13-16H,2-12H2,1H3,(H,19,21)/t13-,14?,15?,16?,18?/m1/s1. The van der Waals surface area contributed by atoms with E-state index in [1.807, 2.05) is 0 Å². The monoisotopic (exact) mass is 290 g/mol. The predicted octanol–water partition coefficient (Wildman–Crippen LogP) is 2.95. The van der Waals surface area contributed by atoms with Gasteiger partial charge in [0.25, 0.3) is 0 Å². The quantitative estimate of drug-likeness (QED) is 0.867. The smallest absolute Gasteiger partial charge is 0.234 e. The first kappa shape index (κ1) is 14.0. The molecule has 118 valence electrons. The molecule has 1 heterocycles. The second-order valence-electron chi connectivity index (χ2n) is 8.56. The van der Waals surface area contributed by atoms with E-state index < -0.39 is 0 Å². The fourth-order valence-corrected chi connectivity index (χ4v) is 6.18. The zero-order chi connectivity index (χ0) is 14.4. The van der Waals surface area contributed by atoms with E-state index in [1.165, 1.54) is 57.8 Å². The number of nitrogens with one attached hydrogen (secondary N) is 1. The number of hydrogen-bond acceptors (Lipinski definition) is 2. The van der Waals surface area contributed by atoms with Crippen molar-refractivity contribution in [3.8, 4) is 0 Å². The minimum atomic E-state index is 0.185. The van der Waals surface area contributed by atoms with Crippen LogP contribution >= 0.6 is 0 Å². The highest BCUT2D eigenvalue weighted by molar-refractivity contribution is 5.79. The molecular weight excluding hydrogens is 260 g/mol. The molecule has 4 aliphatic carbocycles. The molecule has 1 atom stereocenters. The Balaban J connectivity index is 1.38. The third-order valence-electron chi connectivity index (χ3n) is 6.73. The van der Waals surface area contributed by atoms with E-state index in [1.54, 1.807) is 0 Å². The molecule has 0 radical (unpaired) electrons. The summed E-state index contributed by atoms with van der Waals surface area (Å²) in [4.78, 5) is 15.0. The second kappa shape index (κ2) is 5.26. The first-order valence-corrected chi connectivity index (χ1v) is 9.17. The Morgan fingerprint density at radius 3 is 2.29 bits per heavy atom. The van der Waals surface area contributed by atoms with Gasteiger partial charge in [-0.05, 0) is 82.6 Å². The van der Waals surface area contributed by atoms with E-state index in [-0.39, 0.29) is 5.54 Å². The van der Waals surface area contributed by atoms with Crippen molar-refractivity contribution < 1.29 is 4.79 Å². The van der Waals surface area contributed by atoms with Crippen LogP contribution in [0.15, 0.2) is 0 Å². The van der Waals surface area contributed by atoms with Crippen LogP contribution in [0.1, 0.15) is 64.7 Å². The summed E-state index contributed by atoms with van der Waals surface area (Å²) in [6.07, 6.45) is 12.0. The van der Waals surface area contributed by atoms with Crippen molar-refractivity contribution in [2.24, 2.45) is 17.8 Å². The molecule has 5 aliphatic rings. The summed E-state index contributed by atoms with van der Waals surface area (Å²) in [5, 5.41) is 3.51. The number of likely N-dealkylation sites (tertiary alicyclic amines) is 1. The van der Waals surface area contributed by atoms with Gasteiger partial charge in [-0.1, -0.05) is 6.42 Å². The van der Waals surface area contributed by atoms with Gasteiger partial charge in [-0.2, -0.15) is 0 Å². The number of amides is 1. The molecule has 1 saturated heterocycles. The zero-order valence-electron chi connectivity index (χ0n) is 13.4. The van der Waals surface area contributed by atoms with E-state index in [9.17, 15) is 4.79 Å². The number of carbonyl (C=O) groups is 1. The highest BCUT2D eigenvalue weighted by atomic mass is 16.2. The number of piperidine rings is 1. The minimum Gasteiger partial charge on any atom is -0.350 e. The van der Waals surface area contributed by atoms with Crippen molar-refractivity contribution in [3.05, 3.63) is 0 Å². The van der Waals surface area contributed by atoms with Gasteiger partial charge in [0.1, 0.15) is 0 Å². The Hall–Kier alpha value is -0.570. The maximum atomic E-state index is 12.6. The Kier molecular flexibility index (Phi) is 3.52. The summed E-state index contributed by atoms with van der Waals surface area (Å²) in [7, 11) is 0. The van der Waals surface area contributed by atoms with E-state index in [2.05, 4.69) is 17.1 Å². The summed E-state index contributed by atoms with van der Waals surface area (Å²) >= 11 is 0. The molecule has 1 amide bonds. The van der Waals surface area contributed by atoms with Gasteiger partial charge in [0, 0.05) is 11.6 Å². The lowest BCUT2D eigenvalue weighted by Crippen LogP contribution is -2.61. The lowest BCUT2D eigenvalue weighted by molar-refractivity contribution is -0.128. The molecule has 5 rings (SSSR count). The number of hydrogen-bond donors (Lipinski definition) is 1. The van der Waals surface area contributed by atoms with E-state index in [4.69, 9.17) is 0 Å². The van der Waals surface area contributed by atoms with E-state index in [0.717, 1.165) is 24.3 Å². The summed E-state index contributed by atoms with van der Waals surface area (Å²) < 4.78 is 0. The average molecular weight is 290 g/mol. The maximum Gasteiger partial charge on any atom is 0.234 e. The van der Waals surface area contributed by atoms with Crippen molar-refractivity contribution in [1.29, 1.82) is 0 Å².